The minimum atomic E-state index is -0.587. The number of para-hydroxylation sites is 2. The Morgan fingerprint density at radius 3 is 1.67 bits per heavy atom. The molecule has 2 nitrogen and oxygen atoms in total. The van der Waals surface area contributed by atoms with Crippen LogP contribution in [0.2, 0.25) is 0 Å². The molecule has 0 saturated heterocycles. The summed E-state index contributed by atoms with van der Waals surface area (Å²) in [5, 5.41) is 2.52. The summed E-state index contributed by atoms with van der Waals surface area (Å²) in [6.45, 7) is 6.99. The Hall–Kier alpha value is -8.07. The molecule has 0 fully saturated rings. The molecule has 0 saturated carbocycles. The summed E-state index contributed by atoms with van der Waals surface area (Å²) in [5.41, 5.74) is 22.9. The number of hydrogen-bond acceptors (Lipinski definition) is 1. The summed E-state index contributed by atoms with van der Waals surface area (Å²) in [6.07, 6.45) is 0. The standard InChI is InChI=1S/C64H46N2/c1-41-27-29-42(30-28-41)45-33-36-50-53-39-57-54(40-56(53)63(2,3)55(50)37-45)61-51-24-14-13-23-49(51)52(38-58(61)64(57,46-19-9-5-10-20-46)47-21-11-6-12-22-47)43-31-34-48(35-32-43)66-60-26-16-15-25-59(60)65-62(66)44-17-7-4-8-18-44/h4-40H,1-3H3. The van der Waals surface area contributed by atoms with Gasteiger partial charge in [0.05, 0.1) is 16.4 Å². The second-order valence-corrected chi connectivity index (χ2v) is 18.7. The molecule has 0 bridgehead atoms. The normalized spacial score (nSPS) is 13.9. The minimum Gasteiger partial charge on any atom is -0.292 e. The molecular formula is C64H46N2. The molecule has 10 aromatic carbocycles. The largest absolute Gasteiger partial charge is 0.292 e. The van der Waals surface area contributed by atoms with Crippen LogP contribution < -0.4 is 0 Å². The average Bonchev–Trinajstić information content (AvgIpc) is 3.98. The Kier molecular flexibility index (Phi) is 8.42. The molecule has 0 unspecified atom stereocenters. The van der Waals surface area contributed by atoms with E-state index in [4.69, 9.17) is 4.98 Å². The molecule has 2 aliphatic carbocycles. The van der Waals surface area contributed by atoms with E-state index >= 15 is 0 Å². The zero-order chi connectivity index (χ0) is 44.1. The molecule has 0 N–H and O–H groups in total. The topological polar surface area (TPSA) is 17.8 Å². The molecule has 1 aromatic heterocycles. The van der Waals surface area contributed by atoms with Crippen LogP contribution in [0.3, 0.4) is 0 Å². The lowest BCUT2D eigenvalue weighted by Gasteiger charge is -2.34. The van der Waals surface area contributed by atoms with Crippen molar-refractivity contribution in [3.63, 3.8) is 0 Å². The van der Waals surface area contributed by atoms with Crippen LogP contribution >= 0.6 is 0 Å². The second kappa shape index (κ2) is 14.5. The fourth-order valence-corrected chi connectivity index (χ4v) is 11.6. The maximum absolute atomic E-state index is 5.14. The molecule has 0 radical (unpaired) electrons. The van der Waals surface area contributed by atoms with E-state index in [0.717, 1.165) is 28.1 Å². The molecule has 0 atom stereocenters. The number of rotatable bonds is 6. The van der Waals surface area contributed by atoms with Crippen LogP contribution in [-0.2, 0) is 10.8 Å². The van der Waals surface area contributed by atoms with Crippen LogP contribution in [0.1, 0.15) is 52.8 Å². The predicted octanol–water partition coefficient (Wildman–Crippen LogP) is 16.2. The molecule has 66 heavy (non-hydrogen) atoms. The summed E-state index contributed by atoms with van der Waals surface area (Å²) >= 11 is 0. The van der Waals surface area contributed by atoms with Crippen molar-refractivity contribution in [1.29, 1.82) is 0 Å². The molecule has 11 aromatic rings. The highest BCUT2D eigenvalue weighted by molar-refractivity contribution is 6.11. The lowest BCUT2D eigenvalue weighted by Crippen LogP contribution is -2.28. The van der Waals surface area contributed by atoms with E-state index in [-0.39, 0.29) is 5.41 Å². The van der Waals surface area contributed by atoms with Crippen LogP contribution in [0.15, 0.2) is 224 Å². The quantitative estimate of drug-likeness (QED) is 0.163. The summed E-state index contributed by atoms with van der Waals surface area (Å²) in [7, 11) is 0. The van der Waals surface area contributed by atoms with Gasteiger partial charge in [0, 0.05) is 16.7 Å². The Labute approximate surface area is 386 Å². The van der Waals surface area contributed by atoms with E-state index in [2.05, 4.69) is 250 Å². The molecule has 1 heterocycles. The van der Waals surface area contributed by atoms with E-state index in [0.29, 0.717) is 0 Å². The number of hydrogen-bond donors (Lipinski definition) is 0. The third-order valence-electron chi connectivity index (χ3n) is 14.8. The Morgan fingerprint density at radius 1 is 0.394 bits per heavy atom. The Balaban J connectivity index is 1.05. The van der Waals surface area contributed by atoms with Gasteiger partial charge in [-0.25, -0.2) is 4.98 Å². The van der Waals surface area contributed by atoms with Crippen molar-refractivity contribution in [2.75, 3.05) is 0 Å². The fourth-order valence-electron chi connectivity index (χ4n) is 11.6. The average molecular weight is 843 g/mol. The van der Waals surface area contributed by atoms with Gasteiger partial charge in [-0.05, 0) is 144 Å². The summed E-state index contributed by atoms with van der Waals surface area (Å²) in [5.74, 6) is 0.935. The maximum Gasteiger partial charge on any atom is 0.145 e. The van der Waals surface area contributed by atoms with Crippen molar-refractivity contribution in [1.82, 2.24) is 9.55 Å². The van der Waals surface area contributed by atoms with Crippen molar-refractivity contribution in [3.05, 3.63) is 263 Å². The van der Waals surface area contributed by atoms with Gasteiger partial charge in [0.25, 0.3) is 0 Å². The van der Waals surface area contributed by atoms with E-state index in [1.807, 2.05) is 0 Å². The third-order valence-corrected chi connectivity index (χ3v) is 14.8. The lowest BCUT2D eigenvalue weighted by atomic mass is 9.66. The predicted molar refractivity (Wildman–Crippen MR) is 274 cm³/mol. The molecule has 13 rings (SSSR count). The maximum atomic E-state index is 5.14. The molecule has 0 amide bonds. The zero-order valence-electron chi connectivity index (χ0n) is 37.3. The first-order chi connectivity index (χ1) is 32.4. The van der Waals surface area contributed by atoms with E-state index in [1.54, 1.807) is 0 Å². The zero-order valence-corrected chi connectivity index (χ0v) is 37.3. The third kappa shape index (κ3) is 5.51. The highest BCUT2D eigenvalue weighted by Gasteiger charge is 2.49. The summed E-state index contributed by atoms with van der Waals surface area (Å²) in [4.78, 5) is 5.14. The molecule has 312 valence electrons. The van der Waals surface area contributed by atoms with Crippen molar-refractivity contribution < 1.29 is 0 Å². The van der Waals surface area contributed by atoms with Gasteiger partial charge in [0.2, 0.25) is 0 Å². The number of imidazole rings is 1. The second-order valence-electron chi connectivity index (χ2n) is 18.7. The van der Waals surface area contributed by atoms with Crippen molar-refractivity contribution in [2.24, 2.45) is 0 Å². The van der Waals surface area contributed by atoms with Gasteiger partial charge in [-0.3, -0.25) is 4.57 Å². The molecule has 2 heteroatoms. The summed E-state index contributed by atoms with van der Waals surface area (Å²) in [6, 6.07) is 83.4. The monoisotopic (exact) mass is 842 g/mol. The van der Waals surface area contributed by atoms with Crippen LogP contribution in [-0.4, -0.2) is 9.55 Å². The molecule has 0 aliphatic heterocycles. The van der Waals surface area contributed by atoms with E-state index < -0.39 is 5.41 Å². The van der Waals surface area contributed by atoms with Crippen molar-refractivity contribution in [2.45, 2.75) is 31.6 Å². The number of fused-ring (bicyclic) bond motifs is 9. The molecule has 2 aliphatic rings. The van der Waals surface area contributed by atoms with Gasteiger partial charge in [-0.15, -0.1) is 0 Å². The van der Waals surface area contributed by atoms with Crippen molar-refractivity contribution in [3.8, 4) is 61.6 Å². The van der Waals surface area contributed by atoms with Crippen molar-refractivity contribution >= 4 is 21.8 Å². The number of benzene rings is 10. The van der Waals surface area contributed by atoms with E-state index in [9.17, 15) is 0 Å². The first-order valence-electron chi connectivity index (χ1n) is 23.1. The van der Waals surface area contributed by atoms with Crippen LogP contribution in [0.5, 0.6) is 0 Å². The Bertz CT molecular complexity index is 3650. The van der Waals surface area contributed by atoms with Crippen LogP contribution in [0, 0.1) is 6.92 Å². The molecular weight excluding hydrogens is 797 g/mol. The van der Waals surface area contributed by atoms with E-state index in [1.165, 1.54) is 94.2 Å². The number of aromatic nitrogens is 2. The smallest absolute Gasteiger partial charge is 0.145 e. The van der Waals surface area contributed by atoms with Gasteiger partial charge >= 0.3 is 0 Å². The van der Waals surface area contributed by atoms with Crippen LogP contribution in [0.25, 0.3) is 83.4 Å². The molecule has 0 spiro atoms. The lowest BCUT2D eigenvalue weighted by molar-refractivity contribution is 0.660. The first kappa shape index (κ1) is 38.4. The van der Waals surface area contributed by atoms with Gasteiger partial charge in [0.15, 0.2) is 0 Å². The summed E-state index contributed by atoms with van der Waals surface area (Å²) < 4.78 is 2.30. The van der Waals surface area contributed by atoms with Gasteiger partial charge in [-0.2, -0.15) is 0 Å². The minimum absolute atomic E-state index is 0.205. The number of aryl methyl sites for hydroxylation is 1. The highest BCUT2D eigenvalue weighted by Crippen LogP contribution is 2.62. The Morgan fingerprint density at radius 2 is 0.955 bits per heavy atom. The fraction of sp³-hybridized carbons (Fsp3) is 0.0781. The van der Waals surface area contributed by atoms with Gasteiger partial charge in [-0.1, -0.05) is 195 Å². The first-order valence-corrected chi connectivity index (χ1v) is 23.1. The van der Waals surface area contributed by atoms with Gasteiger partial charge < -0.3 is 0 Å². The SMILES string of the molecule is Cc1ccc(-c2ccc3c(c2)C(C)(C)c2cc4c(cc2-3)C(c2ccccc2)(c2ccccc2)c2cc(-c3ccc(-n5c(-c6ccccc6)nc6ccccc65)cc3)c3ccccc3c2-4)cc1. The highest BCUT2D eigenvalue weighted by atomic mass is 15.1. The van der Waals surface area contributed by atoms with Gasteiger partial charge in [0.1, 0.15) is 5.82 Å². The van der Waals surface area contributed by atoms with Crippen LogP contribution in [0.4, 0.5) is 0 Å². The number of nitrogens with zero attached hydrogens (tertiary/aromatic N) is 2.